The Morgan fingerprint density at radius 2 is 1.18 bits per heavy atom. The van der Waals surface area contributed by atoms with Crippen LogP contribution in [0.2, 0.25) is 0 Å². The molecule has 0 aliphatic rings. The molecule has 0 aromatic heterocycles. The van der Waals surface area contributed by atoms with Crippen LogP contribution >= 0.6 is 0 Å². The van der Waals surface area contributed by atoms with Gasteiger partial charge in [-0.2, -0.15) is 0 Å². The van der Waals surface area contributed by atoms with Gasteiger partial charge < -0.3 is 0 Å². The van der Waals surface area contributed by atoms with Crippen molar-refractivity contribution < 1.29 is 0 Å². The van der Waals surface area contributed by atoms with E-state index in [-0.39, 0.29) is 0 Å². The van der Waals surface area contributed by atoms with Gasteiger partial charge >= 0.3 is 0 Å². The van der Waals surface area contributed by atoms with Crippen LogP contribution in [0.5, 0.6) is 0 Å². The minimum atomic E-state index is 1.12. The zero-order chi connectivity index (χ0) is 12.6. The fourth-order valence-corrected chi connectivity index (χ4v) is 1.95. The molecule has 0 nitrogen and oxygen atoms in total. The van der Waals surface area contributed by atoms with Crippen molar-refractivity contribution in [1.82, 2.24) is 0 Å². The van der Waals surface area contributed by atoms with Crippen LogP contribution in [0, 0.1) is 0 Å². The maximum atomic E-state index is 2.34. The Bertz CT molecular complexity index is 176. The summed E-state index contributed by atoms with van der Waals surface area (Å²) in [4.78, 5) is 0. The van der Waals surface area contributed by atoms with Gasteiger partial charge in [-0.3, -0.25) is 0 Å². The van der Waals surface area contributed by atoms with Crippen LogP contribution in [-0.4, -0.2) is 0 Å². The van der Waals surface area contributed by atoms with Crippen LogP contribution in [0.25, 0.3) is 0 Å². The van der Waals surface area contributed by atoms with Crippen molar-refractivity contribution in [3.63, 3.8) is 0 Å². The van der Waals surface area contributed by atoms with Crippen LogP contribution in [0.1, 0.15) is 84.5 Å². The largest absolute Gasteiger partial charge is 0.0885 e. The Balaban J connectivity index is 3.05. The van der Waals surface area contributed by atoms with Crippen LogP contribution in [0.4, 0.5) is 0 Å². The molecule has 0 aromatic carbocycles. The third-order valence-corrected chi connectivity index (χ3v) is 3.07. The fraction of sp³-hybridized carbons (Fsp3) is 0.765. The topological polar surface area (TPSA) is 0 Å². The van der Waals surface area contributed by atoms with Gasteiger partial charge in [0.15, 0.2) is 0 Å². The Kier molecular flexibility index (Phi) is 15.0. The smallest absolute Gasteiger partial charge is 0.0169 e. The summed E-state index contributed by atoms with van der Waals surface area (Å²) in [7, 11) is 0. The molecule has 0 saturated heterocycles. The molecule has 0 aromatic rings. The molecule has 0 bridgehead atoms. The summed E-state index contributed by atoms with van der Waals surface area (Å²) in [5, 5.41) is 0. The van der Waals surface area contributed by atoms with Crippen molar-refractivity contribution in [3.05, 3.63) is 24.3 Å². The van der Waals surface area contributed by atoms with Gasteiger partial charge in [-0.05, 0) is 25.7 Å². The number of unbranched alkanes of at least 4 members (excludes halogenated alkanes) is 8. The summed E-state index contributed by atoms with van der Waals surface area (Å²) in [6, 6.07) is 0. The second kappa shape index (κ2) is 15.5. The Morgan fingerprint density at radius 3 is 1.82 bits per heavy atom. The van der Waals surface area contributed by atoms with E-state index in [1.54, 1.807) is 0 Å². The summed E-state index contributed by atoms with van der Waals surface area (Å²) in [6.45, 7) is 4.46. The summed E-state index contributed by atoms with van der Waals surface area (Å²) in [5.74, 6) is 0. The van der Waals surface area contributed by atoms with E-state index >= 15 is 0 Å². The van der Waals surface area contributed by atoms with Crippen molar-refractivity contribution in [3.8, 4) is 0 Å². The Hall–Kier alpha value is -0.520. The number of rotatable bonds is 12. The standard InChI is InChI=1S/C17H32/c1-3-5-7-9-11-13-15-17-16-14-12-10-8-6-4-2/h5,7,11,13H,3-4,6,8-10,12,14-17H2,1-2H3. The van der Waals surface area contributed by atoms with E-state index in [4.69, 9.17) is 0 Å². The highest BCUT2D eigenvalue weighted by Crippen LogP contribution is 2.09. The Labute approximate surface area is 109 Å². The van der Waals surface area contributed by atoms with Gasteiger partial charge in [0.05, 0.1) is 0 Å². The molecule has 0 saturated carbocycles. The van der Waals surface area contributed by atoms with Gasteiger partial charge in [0.25, 0.3) is 0 Å². The van der Waals surface area contributed by atoms with Gasteiger partial charge in [0, 0.05) is 0 Å². The lowest BCUT2D eigenvalue weighted by Crippen LogP contribution is -1.79. The molecule has 0 rings (SSSR count). The summed E-state index contributed by atoms with van der Waals surface area (Å²) in [6.07, 6.45) is 24.0. The van der Waals surface area contributed by atoms with Crippen LogP contribution in [0.3, 0.4) is 0 Å². The monoisotopic (exact) mass is 236 g/mol. The molecule has 0 radical (unpaired) electrons. The molecule has 0 aliphatic carbocycles. The molecule has 0 heteroatoms. The van der Waals surface area contributed by atoms with Gasteiger partial charge in [-0.25, -0.2) is 0 Å². The third kappa shape index (κ3) is 15.5. The highest BCUT2D eigenvalue weighted by molar-refractivity contribution is 4.92. The van der Waals surface area contributed by atoms with E-state index in [9.17, 15) is 0 Å². The maximum Gasteiger partial charge on any atom is -0.0169 e. The minimum Gasteiger partial charge on any atom is -0.0885 e. The molecule has 0 spiro atoms. The highest BCUT2D eigenvalue weighted by Gasteiger charge is 1.89. The van der Waals surface area contributed by atoms with Crippen LogP contribution in [-0.2, 0) is 0 Å². The first-order valence-corrected chi connectivity index (χ1v) is 7.71. The average Bonchev–Trinajstić information content (AvgIpc) is 2.35. The maximum absolute atomic E-state index is 2.34. The number of hydrogen-bond donors (Lipinski definition) is 0. The third-order valence-electron chi connectivity index (χ3n) is 3.07. The van der Waals surface area contributed by atoms with E-state index in [2.05, 4.69) is 38.2 Å². The van der Waals surface area contributed by atoms with Crippen LogP contribution in [0.15, 0.2) is 24.3 Å². The molecule has 17 heavy (non-hydrogen) atoms. The molecule has 0 amide bonds. The first-order chi connectivity index (χ1) is 8.41. The molecule has 0 atom stereocenters. The lowest BCUT2D eigenvalue weighted by molar-refractivity contribution is 0.577. The zero-order valence-electron chi connectivity index (χ0n) is 12.1. The predicted octanol–water partition coefficient (Wildman–Crippen LogP) is 6.43. The molecular formula is C17H32. The number of allylic oxidation sites excluding steroid dienone is 4. The molecular weight excluding hydrogens is 204 g/mol. The van der Waals surface area contributed by atoms with E-state index in [0.717, 1.165) is 12.8 Å². The van der Waals surface area contributed by atoms with Crippen molar-refractivity contribution in [2.24, 2.45) is 0 Å². The summed E-state index contributed by atoms with van der Waals surface area (Å²) >= 11 is 0. The average molecular weight is 236 g/mol. The molecule has 0 heterocycles. The van der Waals surface area contributed by atoms with Crippen LogP contribution < -0.4 is 0 Å². The van der Waals surface area contributed by atoms with Gasteiger partial charge in [-0.15, -0.1) is 0 Å². The van der Waals surface area contributed by atoms with Gasteiger partial charge in [0.2, 0.25) is 0 Å². The van der Waals surface area contributed by atoms with Crippen molar-refractivity contribution in [2.45, 2.75) is 84.5 Å². The second-order valence-corrected chi connectivity index (χ2v) is 4.85. The highest BCUT2D eigenvalue weighted by atomic mass is 14.0. The fourth-order valence-electron chi connectivity index (χ4n) is 1.95. The molecule has 100 valence electrons. The SMILES string of the molecule is CCC=CCC=CCCCCCCCCCC. The summed E-state index contributed by atoms with van der Waals surface area (Å²) in [5.41, 5.74) is 0. The molecule has 0 aliphatic heterocycles. The predicted molar refractivity (Wildman–Crippen MR) is 80.4 cm³/mol. The molecule has 0 unspecified atom stereocenters. The first-order valence-electron chi connectivity index (χ1n) is 7.71. The number of hydrogen-bond acceptors (Lipinski definition) is 0. The van der Waals surface area contributed by atoms with Gasteiger partial charge in [0.1, 0.15) is 0 Å². The van der Waals surface area contributed by atoms with Crippen molar-refractivity contribution in [1.29, 1.82) is 0 Å². The van der Waals surface area contributed by atoms with E-state index in [1.165, 1.54) is 57.8 Å². The van der Waals surface area contributed by atoms with Crippen molar-refractivity contribution in [2.75, 3.05) is 0 Å². The van der Waals surface area contributed by atoms with E-state index < -0.39 is 0 Å². The minimum absolute atomic E-state index is 1.12. The van der Waals surface area contributed by atoms with E-state index in [1.807, 2.05) is 0 Å². The quantitative estimate of drug-likeness (QED) is 0.270. The lowest BCUT2D eigenvalue weighted by Gasteiger charge is -1.99. The van der Waals surface area contributed by atoms with Crippen molar-refractivity contribution >= 4 is 0 Å². The molecule has 0 N–H and O–H groups in total. The lowest BCUT2D eigenvalue weighted by atomic mass is 10.1. The first kappa shape index (κ1) is 16.5. The summed E-state index contributed by atoms with van der Waals surface area (Å²) < 4.78 is 0. The normalized spacial score (nSPS) is 11.9. The Morgan fingerprint density at radius 1 is 0.588 bits per heavy atom. The molecule has 0 fully saturated rings. The van der Waals surface area contributed by atoms with E-state index in [0.29, 0.717) is 0 Å². The zero-order valence-corrected chi connectivity index (χ0v) is 12.1. The second-order valence-electron chi connectivity index (χ2n) is 4.85. The van der Waals surface area contributed by atoms with Gasteiger partial charge in [-0.1, -0.05) is 83.1 Å².